The van der Waals surface area contributed by atoms with Crippen LogP contribution in [-0.4, -0.2) is 38.2 Å². The number of benzene rings is 1. The summed E-state index contributed by atoms with van der Waals surface area (Å²) in [5, 5.41) is 2.92. The maximum absolute atomic E-state index is 12.1. The van der Waals surface area contributed by atoms with Crippen molar-refractivity contribution in [1.82, 2.24) is 10.2 Å². The van der Waals surface area contributed by atoms with Gasteiger partial charge in [-0.2, -0.15) is 0 Å². The van der Waals surface area contributed by atoms with Crippen LogP contribution < -0.4 is 14.8 Å². The van der Waals surface area contributed by atoms with E-state index in [2.05, 4.69) is 11.2 Å². The molecule has 0 atom stereocenters. The van der Waals surface area contributed by atoms with Crippen molar-refractivity contribution < 1.29 is 14.3 Å². The van der Waals surface area contributed by atoms with Crippen molar-refractivity contribution in [3.05, 3.63) is 23.8 Å². The third kappa shape index (κ3) is 4.82. The number of nitrogens with one attached hydrogen (secondary N) is 1. The quantitative estimate of drug-likeness (QED) is 0.787. The lowest BCUT2D eigenvalue weighted by Crippen LogP contribution is -2.40. The highest BCUT2D eigenvalue weighted by atomic mass is 16.5. The maximum atomic E-state index is 12.1. The molecular formula is C18H24N2O3. The van der Waals surface area contributed by atoms with Gasteiger partial charge < -0.3 is 19.7 Å². The molecule has 5 heteroatoms. The molecule has 1 aromatic carbocycles. The van der Waals surface area contributed by atoms with Crippen LogP contribution in [0.15, 0.2) is 18.2 Å². The van der Waals surface area contributed by atoms with Crippen molar-refractivity contribution in [2.24, 2.45) is 5.92 Å². The monoisotopic (exact) mass is 316 g/mol. The van der Waals surface area contributed by atoms with Gasteiger partial charge in [-0.25, -0.2) is 4.79 Å². The molecule has 23 heavy (non-hydrogen) atoms. The number of methoxy groups -OCH3 is 1. The smallest absolute Gasteiger partial charge is 0.317 e. The lowest BCUT2D eigenvalue weighted by Gasteiger charge is -2.30. The summed E-state index contributed by atoms with van der Waals surface area (Å²) < 4.78 is 10.7. The van der Waals surface area contributed by atoms with E-state index in [0.29, 0.717) is 24.0 Å². The molecule has 0 radical (unpaired) electrons. The van der Waals surface area contributed by atoms with Gasteiger partial charge in [-0.15, -0.1) is 6.42 Å². The van der Waals surface area contributed by atoms with E-state index in [1.54, 1.807) is 12.0 Å². The first-order chi connectivity index (χ1) is 11.1. The first-order valence-corrected chi connectivity index (χ1v) is 7.86. The zero-order chi connectivity index (χ0) is 16.7. The molecule has 0 aromatic heterocycles. The molecule has 5 nitrogen and oxygen atoms in total. The molecule has 0 saturated heterocycles. The molecule has 1 aliphatic carbocycles. The second-order valence-electron chi connectivity index (χ2n) is 5.81. The Kier molecular flexibility index (Phi) is 6.16. The van der Waals surface area contributed by atoms with Gasteiger partial charge in [-0.05, 0) is 36.5 Å². The minimum absolute atomic E-state index is 0.0567. The molecule has 0 unspecified atom stereocenters. The van der Waals surface area contributed by atoms with Gasteiger partial charge >= 0.3 is 6.03 Å². The van der Waals surface area contributed by atoms with Gasteiger partial charge in [0.2, 0.25) is 0 Å². The Morgan fingerprint density at radius 1 is 1.43 bits per heavy atom. The van der Waals surface area contributed by atoms with Crippen LogP contribution in [0.2, 0.25) is 0 Å². The molecule has 2 amide bonds. The van der Waals surface area contributed by atoms with Crippen LogP contribution in [0, 0.1) is 18.3 Å². The summed E-state index contributed by atoms with van der Waals surface area (Å²) in [7, 11) is 3.41. The standard InChI is InChI=1S/C18H24N2O3/c1-4-10-23-17-11-15(8-9-16(17)22-3)12-19-18(21)20(2)13-14-6-5-7-14/h1,8-9,11,14H,5-7,10,12-13H2,2-3H3,(H,19,21). The normalized spacial score (nSPS) is 13.6. The van der Waals surface area contributed by atoms with Gasteiger partial charge in [0.25, 0.3) is 0 Å². The Bertz CT molecular complexity index is 576. The lowest BCUT2D eigenvalue weighted by atomic mass is 9.85. The second-order valence-corrected chi connectivity index (χ2v) is 5.81. The van der Waals surface area contributed by atoms with Crippen molar-refractivity contribution >= 4 is 6.03 Å². The fraction of sp³-hybridized carbons (Fsp3) is 0.500. The molecule has 1 fully saturated rings. The lowest BCUT2D eigenvalue weighted by molar-refractivity contribution is 0.182. The molecule has 0 spiro atoms. The molecule has 0 bridgehead atoms. The van der Waals surface area contributed by atoms with E-state index < -0.39 is 0 Å². The van der Waals surface area contributed by atoms with Crippen molar-refractivity contribution in [2.75, 3.05) is 27.3 Å². The van der Waals surface area contributed by atoms with E-state index in [-0.39, 0.29) is 12.6 Å². The fourth-order valence-corrected chi connectivity index (χ4v) is 2.52. The van der Waals surface area contributed by atoms with Crippen LogP contribution in [0.1, 0.15) is 24.8 Å². The van der Waals surface area contributed by atoms with Crippen LogP contribution >= 0.6 is 0 Å². The number of nitrogens with zero attached hydrogens (tertiary/aromatic N) is 1. The van der Waals surface area contributed by atoms with Crippen molar-refractivity contribution in [2.45, 2.75) is 25.8 Å². The van der Waals surface area contributed by atoms with Gasteiger partial charge in [0, 0.05) is 20.1 Å². The molecule has 0 aliphatic heterocycles. The van der Waals surface area contributed by atoms with E-state index >= 15 is 0 Å². The van der Waals surface area contributed by atoms with Gasteiger partial charge in [-0.1, -0.05) is 18.4 Å². The van der Waals surface area contributed by atoms with Crippen LogP contribution in [-0.2, 0) is 6.54 Å². The maximum Gasteiger partial charge on any atom is 0.317 e. The topological polar surface area (TPSA) is 50.8 Å². The highest BCUT2D eigenvalue weighted by molar-refractivity contribution is 5.73. The zero-order valence-corrected chi connectivity index (χ0v) is 13.8. The number of ether oxygens (including phenoxy) is 2. The SMILES string of the molecule is C#CCOc1cc(CNC(=O)N(C)CC2CCC2)ccc1OC. The summed E-state index contributed by atoms with van der Waals surface area (Å²) in [6.45, 7) is 1.44. The minimum Gasteiger partial charge on any atom is -0.493 e. The Labute approximate surface area is 138 Å². The van der Waals surface area contributed by atoms with Crippen molar-refractivity contribution in [1.29, 1.82) is 0 Å². The highest BCUT2D eigenvalue weighted by Gasteiger charge is 2.21. The van der Waals surface area contributed by atoms with E-state index in [9.17, 15) is 4.79 Å². The molecular weight excluding hydrogens is 292 g/mol. The van der Waals surface area contributed by atoms with Crippen LogP contribution in [0.4, 0.5) is 4.79 Å². The largest absolute Gasteiger partial charge is 0.493 e. The van der Waals surface area contributed by atoms with E-state index in [1.165, 1.54) is 19.3 Å². The van der Waals surface area contributed by atoms with E-state index in [4.69, 9.17) is 15.9 Å². The number of carbonyl (C=O) groups is 1. The van der Waals surface area contributed by atoms with Crippen molar-refractivity contribution in [3.8, 4) is 23.8 Å². The number of hydrogen-bond donors (Lipinski definition) is 1. The summed E-state index contributed by atoms with van der Waals surface area (Å²) in [6.07, 6.45) is 8.96. The average molecular weight is 316 g/mol. The van der Waals surface area contributed by atoms with Gasteiger partial charge in [0.15, 0.2) is 11.5 Å². The number of rotatable bonds is 7. The fourth-order valence-electron chi connectivity index (χ4n) is 2.52. The predicted molar refractivity (Wildman–Crippen MR) is 89.5 cm³/mol. The third-order valence-corrected chi connectivity index (χ3v) is 4.09. The van der Waals surface area contributed by atoms with E-state index in [0.717, 1.165) is 12.1 Å². The molecule has 1 aliphatic rings. The zero-order valence-electron chi connectivity index (χ0n) is 13.8. The number of hydrogen-bond acceptors (Lipinski definition) is 3. The molecule has 124 valence electrons. The summed E-state index contributed by atoms with van der Waals surface area (Å²) >= 11 is 0. The third-order valence-electron chi connectivity index (χ3n) is 4.09. The van der Waals surface area contributed by atoms with Crippen LogP contribution in [0.5, 0.6) is 11.5 Å². The molecule has 1 aromatic rings. The van der Waals surface area contributed by atoms with Gasteiger partial charge in [0.05, 0.1) is 7.11 Å². The summed E-state index contributed by atoms with van der Waals surface area (Å²) in [6, 6.07) is 5.49. The molecule has 2 rings (SSSR count). The van der Waals surface area contributed by atoms with Crippen LogP contribution in [0.3, 0.4) is 0 Å². The first kappa shape index (κ1) is 17.0. The summed E-state index contributed by atoms with van der Waals surface area (Å²) in [4.78, 5) is 13.9. The number of carbonyl (C=O) groups excluding carboxylic acids is 1. The summed E-state index contributed by atoms with van der Waals surface area (Å²) in [5.41, 5.74) is 0.934. The Hall–Kier alpha value is -2.35. The van der Waals surface area contributed by atoms with E-state index in [1.807, 2.05) is 25.2 Å². The highest BCUT2D eigenvalue weighted by Crippen LogP contribution is 2.28. The van der Waals surface area contributed by atoms with Crippen LogP contribution in [0.25, 0.3) is 0 Å². The van der Waals surface area contributed by atoms with Gasteiger partial charge in [0.1, 0.15) is 6.61 Å². The average Bonchev–Trinajstić information content (AvgIpc) is 2.53. The Balaban J connectivity index is 1.88. The second kappa shape index (κ2) is 8.33. The number of terminal acetylenes is 1. The Morgan fingerprint density at radius 3 is 2.83 bits per heavy atom. The summed E-state index contributed by atoms with van der Waals surface area (Å²) in [5.74, 6) is 4.30. The molecule has 1 N–H and O–H groups in total. The number of urea groups is 1. The molecule has 1 saturated carbocycles. The number of amides is 2. The van der Waals surface area contributed by atoms with Crippen molar-refractivity contribution in [3.63, 3.8) is 0 Å². The first-order valence-electron chi connectivity index (χ1n) is 7.86. The molecule has 0 heterocycles. The predicted octanol–water partition coefficient (Wildman–Crippen LogP) is 2.65. The minimum atomic E-state index is -0.0567. The Morgan fingerprint density at radius 2 is 2.22 bits per heavy atom. The van der Waals surface area contributed by atoms with Gasteiger partial charge in [-0.3, -0.25) is 0 Å².